The minimum absolute atomic E-state index is 0.0470. The molecule has 1 fully saturated rings. The first-order valence-corrected chi connectivity index (χ1v) is 8.53. The maximum atomic E-state index is 12.1. The predicted octanol–water partition coefficient (Wildman–Crippen LogP) is 2.18. The second-order valence-corrected chi connectivity index (χ2v) is 6.03. The zero-order valence-electron chi connectivity index (χ0n) is 13.9. The van der Waals surface area contributed by atoms with Gasteiger partial charge in [0.25, 0.3) is 0 Å². The highest BCUT2D eigenvalue weighted by atomic mass is 16.2. The van der Waals surface area contributed by atoms with Crippen LogP contribution in [-0.4, -0.2) is 29.2 Å². The van der Waals surface area contributed by atoms with Crippen molar-refractivity contribution in [1.82, 2.24) is 4.90 Å². The molecule has 24 heavy (non-hydrogen) atoms. The molecule has 3 amide bonds. The molecule has 0 aromatic heterocycles. The molecule has 1 aliphatic rings. The molecule has 0 atom stereocenters. The van der Waals surface area contributed by atoms with Crippen molar-refractivity contribution in [2.45, 2.75) is 51.5 Å². The molecule has 6 nitrogen and oxygen atoms in total. The highest BCUT2D eigenvalue weighted by Gasteiger charge is 2.29. The lowest BCUT2D eigenvalue weighted by Gasteiger charge is -2.17. The van der Waals surface area contributed by atoms with Crippen LogP contribution in [-0.2, 0) is 20.9 Å². The van der Waals surface area contributed by atoms with Gasteiger partial charge in [-0.15, -0.1) is 0 Å². The van der Waals surface area contributed by atoms with Crippen LogP contribution in [0.3, 0.4) is 0 Å². The van der Waals surface area contributed by atoms with Gasteiger partial charge in [0, 0.05) is 24.9 Å². The van der Waals surface area contributed by atoms with Crippen molar-refractivity contribution in [3.8, 4) is 0 Å². The van der Waals surface area contributed by atoms with Crippen molar-refractivity contribution in [3.05, 3.63) is 29.8 Å². The molecule has 1 heterocycles. The fraction of sp³-hybridized carbons (Fsp3) is 0.500. The van der Waals surface area contributed by atoms with Crippen LogP contribution < -0.4 is 11.1 Å². The summed E-state index contributed by atoms with van der Waals surface area (Å²) < 4.78 is 0. The van der Waals surface area contributed by atoms with E-state index in [0.717, 1.165) is 31.2 Å². The number of unbranched alkanes of at least 4 members (excludes halogenated alkanes) is 3. The summed E-state index contributed by atoms with van der Waals surface area (Å²) in [5.74, 6) is -0.351. The Morgan fingerprint density at radius 2 is 1.71 bits per heavy atom. The summed E-state index contributed by atoms with van der Waals surface area (Å²) in [5, 5.41) is 2.89. The summed E-state index contributed by atoms with van der Waals surface area (Å²) in [6.45, 7) is 0.901. The first kappa shape index (κ1) is 18.1. The second kappa shape index (κ2) is 9.17. The van der Waals surface area contributed by atoms with E-state index in [-0.39, 0.29) is 37.1 Å². The molecule has 0 bridgehead atoms. The summed E-state index contributed by atoms with van der Waals surface area (Å²) >= 11 is 0. The van der Waals surface area contributed by atoms with Gasteiger partial charge in [0.2, 0.25) is 17.7 Å². The van der Waals surface area contributed by atoms with Crippen molar-refractivity contribution in [3.63, 3.8) is 0 Å². The highest BCUT2D eigenvalue weighted by Crippen LogP contribution is 2.21. The third-order valence-electron chi connectivity index (χ3n) is 4.13. The van der Waals surface area contributed by atoms with Crippen LogP contribution in [0.1, 0.15) is 50.5 Å². The van der Waals surface area contributed by atoms with Crippen LogP contribution in [0.15, 0.2) is 24.3 Å². The largest absolute Gasteiger partial charge is 0.330 e. The topological polar surface area (TPSA) is 92.5 Å². The molecule has 0 unspecified atom stereocenters. The van der Waals surface area contributed by atoms with Gasteiger partial charge >= 0.3 is 0 Å². The molecule has 1 aliphatic heterocycles. The molecule has 0 radical (unpaired) electrons. The molecule has 1 aromatic carbocycles. The number of para-hydroxylation sites is 1. The van der Waals surface area contributed by atoms with Crippen LogP contribution >= 0.6 is 0 Å². The van der Waals surface area contributed by atoms with Crippen molar-refractivity contribution < 1.29 is 14.4 Å². The third-order valence-corrected chi connectivity index (χ3v) is 4.13. The van der Waals surface area contributed by atoms with E-state index in [1.807, 2.05) is 18.2 Å². The maximum Gasteiger partial charge on any atom is 0.229 e. The number of imide groups is 1. The number of hydrogen-bond acceptors (Lipinski definition) is 4. The SMILES string of the molecule is NCCCCCCC(=O)Nc1ccccc1CN1C(=O)CCC1=O. The number of benzene rings is 1. The van der Waals surface area contributed by atoms with Gasteiger partial charge < -0.3 is 11.1 Å². The number of rotatable bonds is 9. The average Bonchev–Trinajstić information content (AvgIpc) is 2.88. The Kier molecular flexibility index (Phi) is 6.93. The molecule has 6 heteroatoms. The van der Waals surface area contributed by atoms with E-state index in [1.54, 1.807) is 6.07 Å². The van der Waals surface area contributed by atoms with E-state index >= 15 is 0 Å². The molecule has 0 aliphatic carbocycles. The zero-order chi connectivity index (χ0) is 17.4. The van der Waals surface area contributed by atoms with E-state index < -0.39 is 0 Å². The fourth-order valence-corrected chi connectivity index (χ4v) is 2.75. The average molecular weight is 331 g/mol. The smallest absolute Gasteiger partial charge is 0.229 e. The molecular formula is C18H25N3O3. The predicted molar refractivity (Wildman–Crippen MR) is 92.0 cm³/mol. The maximum absolute atomic E-state index is 12.1. The molecule has 1 aromatic rings. The minimum atomic E-state index is -0.152. The van der Waals surface area contributed by atoms with E-state index in [1.165, 1.54) is 4.90 Å². The van der Waals surface area contributed by atoms with Gasteiger partial charge in [-0.3, -0.25) is 19.3 Å². The number of carbonyl (C=O) groups excluding carboxylic acids is 3. The summed E-state index contributed by atoms with van der Waals surface area (Å²) in [6, 6.07) is 7.29. The number of nitrogens with one attached hydrogen (secondary N) is 1. The number of anilines is 1. The number of nitrogens with two attached hydrogens (primary N) is 1. The van der Waals surface area contributed by atoms with Crippen LogP contribution in [0.4, 0.5) is 5.69 Å². The monoisotopic (exact) mass is 331 g/mol. The summed E-state index contributed by atoms with van der Waals surface area (Å²) in [7, 11) is 0. The number of likely N-dealkylation sites (tertiary alicyclic amines) is 1. The van der Waals surface area contributed by atoms with E-state index in [0.29, 0.717) is 18.7 Å². The first-order chi connectivity index (χ1) is 11.6. The van der Waals surface area contributed by atoms with Crippen LogP contribution in [0.5, 0.6) is 0 Å². The van der Waals surface area contributed by atoms with Gasteiger partial charge in [0.15, 0.2) is 0 Å². The van der Waals surface area contributed by atoms with Crippen molar-refractivity contribution >= 4 is 23.4 Å². The van der Waals surface area contributed by atoms with Crippen molar-refractivity contribution in [2.75, 3.05) is 11.9 Å². The fourth-order valence-electron chi connectivity index (χ4n) is 2.75. The Morgan fingerprint density at radius 3 is 2.42 bits per heavy atom. The summed E-state index contributed by atoms with van der Waals surface area (Å²) in [6.07, 6.45) is 4.86. The number of hydrogen-bond donors (Lipinski definition) is 2. The van der Waals surface area contributed by atoms with Crippen LogP contribution in [0, 0.1) is 0 Å². The van der Waals surface area contributed by atoms with Gasteiger partial charge in [-0.1, -0.05) is 31.0 Å². The van der Waals surface area contributed by atoms with Gasteiger partial charge in [-0.05, 0) is 31.0 Å². The summed E-state index contributed by atoms with van der Waals surface area (Å²) in [5.41, 5.74) is 6.88. The molecule has 130 valence electrons. The number of amides is 3. The van der Waals surface area contributed by atoms with E-state index in [2.05, 4.69) is 5.32 Å². The second-order valence-electron chi connectivity index (χ2n) is 6.03. The molecule has 0 spiro atoms. The van der Waals surface area contributed by atoms with Crippen molar-refractivity contribution in [2.24, 2.45) is 5.73 Å². The quantitative estimate of drug-likeness (QED) is 0.536. The number of nitrogens with zero attached hydrogens (tertiary/aromatic N) is 1. The van der Waals surface area contributed by atoms with Crippen LogP contribution in [0.25, 0.3) is 0 Å². The van der Waals surface area contributed by atoms with Gasteiger partial charge in [0.1, 0.15) is 0 Å². The summed E-state index contributed by atoms with van der Waals surface area (Å²) in [4.78, 5) is 36.9. The number of carbonyl (C=O) groups is 3. The Labute approximate surface area is 142 Å². The van der Waals surface area contributed by atoms with Gasteiger partial charge in [-0.25, -0.2) is 0 Å². The van der Waals surface area contributed by atoms with Crippen LogP contribution in [0.2, 0.25) is 0 Å². The Morgan fingerprint density at radius 1 is 1.04 bits per heavy atom. The first-order valence-electron chi connectivity index (χ1n) is 8.53. The van der Waals surface area contributed by atoms with Gasteiger partial charge in [-0.2, -0.15) is 0 Å². The molecule has 3 N–H and O–H groups in total. The normalized spacial score (nSPS) is 14.3. The third kappa shape index (κ3) is 5.16. The lowest BCUT2D eigenvalue weighted by atomic mass is 10.1. The molecule has 2 rings (SSSR count). The zero-order valence-corrected chi connectivity index (χ0v) is 13.9. The molecular weight excluding hydrogens is 306 g/mol. The molecule has 1 saturated heterocycles. The minimum Gasteiger partial charge on any atom is -0.330 e. The molecule has 0 saturated carbocycles. The van der Waals surface area contributed by atoms with Gasteiger partial charge in [0.05, 0.1) is 6.54 Å². The van der Waals surface area contributed by atoms with Crippen molar-refractivity contribution in [1.29, 1.82) is 0 Å². The lowest BCUT2D eigenvalue weighted by molar-refractivity contribution is -0.139. The standard InChI is InChI=1S/C18H25N3O3/c19-12-6-2-1-3-9-16(22)20-15-8-5-4-7-14(15)13-21-17(23)10-11-18(21)24/h4-5,7-8H,1-3,6,9-13,19H2,(H,20,22). The Balaban J connectivity index is 1.90. The van der Waals surface area contributed by atoms with E-state index in [9.17, 15) is 14.4 Å². The van der Waals surface area contributed by atoms with E-state index in [4.69, 9.17) is 5.73 Å². The lowest BCUT2D eigenvalue weighted by Crippen LogP contribution is -2.29. The highest BCUT2D eigenvalue weighted by molar-refractivity contribution is 6.02. The Bertz CT molecular complexity index is 585. The Hall–Kier alpha value is -2.21.